The number of carbonyl (C=O) groups excluding carboxylic acids is 1. The smallest absolute Gasteiger partial charge is 0.479 e. The number of rotatable bonds is 13. The average molecular weight is 641 g/mol. The molecular weight excluding hydrogens is 612 g/mol. The number of nitrogens with one attached hydrogen (secondary N) is 1. The summed E-state index contributed by atoms with van der Waals surface area (Å²) in [5.41, 5.74) is -0.189. The van der Waals surface area contributed by atoms with Crippen molar-refractivity contribution in [3.63, 3.8) is 0 Å². The number of ether oxygens (including phenoxy) is 1. The first kappa shape index (κ1) is 32.6. The number of hydrogen-bond donors (Lipinski definition) is 6. The van der Waals surface area contributed by atoms with Crippen molar-refractivity contribution in [3.05, 3.63) is 70.8 Å². The SMILES string of the molecule is O=C(O)CCCP(=O)(O)OP(=O)(O)OC[C@H]1O[C@@H](n2ccc(NC(=O)Cc3cccc4ccccc34)nc2=O)[C@@H](O)C1O. The lowest BCUT2D eigenvalue weighted by atomic mass is 10.0. The van der Waals surface area contributed by atoms with Crippen LogP contribution in [0.15, 0.2) is 59.5 Å². The van der Waals surface area contributed by atoms with Crippen LogP contribution in [0.3, 0.4) is 0 Å². The second-order valence-corrected chi connectivity index (χ2v) is 13.2. The number of phosphoric ester groups is 1. The second kappa shape index (κ2) is 13.6. The molecule has 0 radical (unpaired) electrons. The molecule has 1 amide bonds. The molecule has 18 heteroatoms. The number of aliphatic hydroxyl groups is 2. The van der Waals surface area contributed by atoms with Gasteiger partial charge in [-0.3, -0.25) is 23.2 Å². The number of carboxylic acid groups (broad SMARTS) is 1. The quantitative estimate of drug-likeness (QED) is 0.145. The van der Waals surface area contributed by atoms with Crippen molar-refractivity contribution in [1.82, 2.24) is 9.55 Å². The number of anilines is 1. The van der Waals surface area contributed by atoms with E-state index in [0.29, 0.717) is 0 Å². The topological polar surface area (TPSA) is 244 Å². The van der Waals surface area contributed by atoms with Gasteiger partial charge in [0.05, 0.1) is 19.2 Å². The number of aliphatic carboxylic acids is 1. The van der Waals surface area contributed by atoms with Gasteiger partial charge in [0, 0.05) is 12.6 Å². The highest BCUT2D eigenvalue weighted by molar-refractivity contribution is 7.64. The Balaban J connectivity index is 1.35. The van der Waals surface area contributed by atoms with Crippen molar-refractivity contribution in [3.8, 4) is 0 Å². The van der Waals surface area contributed by atoms with Crippen LogP contribution in [-0.2, 0) is 38.7 Å². The van der Waals surface area contributed by atoms with E-state index >= 15 is 0 Å². The molecular formula is C25H29N3O13P2. The first-order chi connectivity index (χ1) is 20.2. The van der Waals surface area contributed by atoms with Crippen LogP contribution in [-0.4, -0.2) is 77.6 Å². The van der Waals surface area contributed by atoms with Crippen LogP contribution in [0.4, 0.5) is 5.82 Å². The number of amides is 1. The molecule has 1 aromatic heterocycles. The summed E-state index contributed by atoms with van der Waals surface area (Å²) in [5, 5.41) is 33.8. The molecule has 0 spiro atoms. The van der Waals surface area contributed by atoms with E-state index in [1.807, 2.05) is 42.5 Å². The van der Waals surface area contributed by atoms with Crippen LogP contribution in [0.25, 0.3) is 10.8 Å². The average Bonchev–Trinajstić information content (AvgIpc) is 3.20. The lowest BCUT2D eigenvalue weighted by molar-refractivity contribution is -0.137. The zero-order valence-corrected chi connectivity index (χ0v) is 24.1. The third-order valence-corrected chi connectivity index (χ3v) is 9.61. The lowest BCUT2D eigenvalue weighted by Gasteiger charge is -2.19. The van der Waals surface area contributed by atoms with Gasteiger partial charge < -0.3 is 35.2 Å². The normalized spacial score (nSPS) is 23.0. The summed E-state index contributed by atoms with van der Waals surface area (Å²) in [5.74, 6) is -1.75. The molecule has 1 fully saturated rings. The maximum Gasteiger partial charge on any atom is 0.479 e. The molecule has 2 aromatic carbocycles. The highest BCUT2D eigenvalue weighted by Crippen LogP contribution is 2.60. The minimum atomic E-state index is -5.19. The molecule has 232 valence electrons. The van der Waals surface area contributed by atoms with E-state index in [-0.39, 0.29) is 18.7 Å². The summed E-state index contributed by atoms with van der Waals surface area (Å²) < 4.78 is 39.3. The zero-order chi connectivity index (χ0) is 31.4. The van der Waals surface area contributed by atoms with Crippen molar-refractivity contribution in [2.24, 2.45) is 0 Å². The van der Waals surface area contributed by atoms with Crippen LogP contribution >= 0.6 is 15.4 Å². The van der Waals surface area contributed by atoms with Crippen molar-refractivity contribution in [2.75, 3.05) is 18.1 Å². The van der Waals surface area contributed by atoms with E-state index in [9.17, 15) is 43.5 Å². The number of aromatic nitrogens is 2. The molecule has 2 heterocycles. The molecule has 1 saturated heterocycles. The molecule has 0 saturated carbocycles. The van der Waals surface area contributed by atoms with Gasteiger partial charge in [-0.05, 0) is 28.8 Å². The van der Waals surface area contributed by atoms with E-state index in [2.05, 4.69) is 19.1 Å². The van der Waals surface area contributed by atoms with Crippen LogP contribution in [0, 0.1) is 0 Å². The van der Waals surface area contributed by atoms with E-state index in [1.54, 1.807) is 0 Å². The predicted octanol–water partition coefficient (Wildman–Crippen LogP) is 1.38. The van der Waals surface area contributed by atoms with Crippen LogP contribution < -0.4 is 11.0 Å². The molecule has 0 bridgehead atoms. The van der Waals surface area contributed by atoms with Crippen molar-refractivity contribution in [2.45, 2.75) is 43.8 Å². The number of aliphatic hydroxyl groups excluding tert-OH is 2. The highest BCUT2D eigenvalue weighted by Gasteiger charge is 2.46. The summed E-state index contributed by atoms with van der Waals surface area (Å²) >= 11 is 0. The van der Waals surface area contributed by atoms with Gasteiger partial charge in [0.15, 0.2) is 6.23 Å². The van der Waals surface area contributed by atoms with E-state index in [1.165, 1.54) is 6.07 Å². The fourth-order valence-electron chi connectivity index (χ4n) is 4.40. The number of nitrogens with zero attached hydrogens (tertiary/aromatic N) is 2. The molecule has 1 aliphatic heterocycles. The molecule has 0 aliphatic carbocycles. The van der Waals surface area contributed by atoms with Gasteiger partial charge in [0.2, 0.25) is 5.91 Å². The summed E-state index contributed by atoms with van der Waals surface area (Å²) in [6.07, 6.45) is -6.79. The van der Waals surface area contributed by atoms with Gasteiger partial charge in [0.25, 0.3) is 0 Å². The largest absolute Gasteiger partial charge is 0.481 e. The minimum Gasteiger partial charge on any atom is -0.481 e. The number of carbonyl (C=O) groups is 2. The summed E-state index contributed by atoms with van der Waals surface area (Å²) in [6, 6.07) is 14.4. The maximum absolute atomic E-state index is 12.7. The first-order valence-corrected chi connectivity index (χ1v) is 16.1. The maximum atomic E-state index is 12.7. The third-order valence-electron chi connectivity index (χ3n) is 6.40. The number of hydrogen-bond acceptors (Lipinski definition) is 11. The lowest BCUT2D eigenvalue weighted by Crippen LogP contribution is -2.36. The predicted molar refractivity (Wildman–Crippen MR) is 149 cm³/mol. The summed E-state index contributed by atoms with van der Waals surface area (Å²) in [6.45, 7) is -0.901. The summed E-state index contributed by atoms with van der Waals surface area (Å²) in [4.78, 5) is 59.2. The Morgan fingerprint density at radius 2 is 1.77 bits per heavy atom. The number of benzene rings is 2. The van der Waals surface area contributed by atoms with Crippen LogP contribution in [0.1, 0.15) is 24.6 Å². The first-order valence-electron chi connectivity index (χ1n) is 12.8. The molecule has 6 N–H and O–H groups in total. The summed E-state index contributed by atoms with van der Waals surface area (Å²) in [7, 11) is -9.90. The number of carboxylic acids is 1. The minimum absolute atomic E-state index is 0.0109. The fraction of sp³-hybridized carbons (Fsp3) is 0.360. The van der Waals surface area contributed by atoms with E-state index in [0.717, 1.165) is 27.1 Å². The third kappa shape index (κ3) is 8.63. The molecule has 3 unspecified atom stereocenters. The van der Waals surface area contributed by atoms with Crippen molar-refractivity contribution >= 4 is 43.9 Å². The standard InChI is InChI=1S/C25H29N3O13P2/c29-20(13-16-7-3-6-15-5-1-2-8-17(15)16)26-19-10-11-28(25(34)27-19)24-23(33)22(32)18(40-24)14-39-43(37,38)41-42(35,36)12-4-9-21(30)31/h1-3,5-8,10-11,18,22-24,32-33H,4,9,12-14H2,(H,30,31)(H,35,36)(H,37,38)(H,26,27,29,34)/t18-,22?,23+,24-/m1/s1. The van der Waals surface area contributed by atoms with Gasteiger partial charge in [-0.15, -0.1) is 0 Å². The molecule has 16 nitrogen and oxygen atoms in total. The van der Waals surface area contributed by atoms with E-state index in [4.69, 9.17) is 9.84 Å². The Bertz CT molecular complexity index is 1640. The zero-order valence-electron chi connectivity index (χ0n) is 22.3. The fourth-order valence-corrected chi connectivity index (χ4v) is 7.10. The number of fused-ring (bicyclic) bond motifs is 1. The van der Waals surface area contributed by atoms with Crippen LogP contribution in [0.5, 0.6) is 0 Å². The Kier molecular flexibility index (Phi) is 10.3. The van der Waals surface area contributed by atoms with Crippen LogP contribution in [0.2, 0.25) is 0 Å². The Labute approximate surface area is 243 Å². The van der Waals surface area contributed by atoms with Gasteiger partial charge in [-0.25, -0.2) is 13.7 Å². The van der Waals surface area contributed by atoms with E-state index < -0.39 is 76.7 Å². The molecule has 1 aliphatic rings. The van der Waals surface area contributed by atoms with Gasteiger partial charge >= 0.3 is 27.1 Å². The Morgan fingerprint density at radius 1 is 1.05 bits per heavy atom. The Hall–Kier alpha value is -3.30. The second-order valence-electron chi connectivity index (χ2n) is 9.62. The van der Waals surface area contributed by atoms with Crippen molar-refractivity contribution < 1.29 is 57.4 Å². The molecule has 4 rings (SSSR count). The van der Waals surface area contributed by atoms with Gasteiger partial charge in [-0.2, -0.15) is 4.98 Å². The molecule has 3 aromatic rings. The van der Waals surface area contributed by atoms with Gasteiger partial charge in [0.1, 0.15) is 24.1 Å². The van der Waals surface area contributed by atoms with Crippen molar-refractivity contribution in [1.29, 1.82) is 0 Å². The molecule has 6 atom stereocenters. The number of phosphoric acid groups is 1. The van der Waals surface area contributed by atoms with Gasteiger partial charge in [-0.1, -0.05) is 42.5 Å². The Morgan fingerprint density at radius 3 is 2.49 bits per heavy atom. The highest BCUT2D eigenvalue weighted by atomic mass is 31.3. The molecule has 43 heavy (non-hydrogen) atoms. The monoisotopic (exact) mass is 641 g/mol.